The highest BCUT2D eigenvalue weighted by atomic mass is 16.3. The minimum atomic E-state index is -0.289. The number of amides is 2. The average Bonchev–Trinajstić information content (AvgIpc) is 2.69. The molecule has 0 radical (unpaired) electrons. The van der Waals surface area contributed by atoms with Crippen LogP contribution in [0.15, 0.2) is 42.5 Å². The molecule has 3 N–H and O–H groups in total. The van der Waals surface area contributed by atoms with Gasteiger partial charge in [0.1, 0.15) is 5.75 Å². The van der Waals surface area contributed by atoms with Crippen LogP contribution in [0.5, 0.6) is 5.75 Å². The molecule has 0 aromatic heterocycles. The van der Waals surface area contributed by atoms with Gasteiger partial charge in [0, 0.05) is 23.7 Å². The SMILES string of the molecule is Cc1cccc(C(=O)Nc2ccc(NC(=O)CCC3CCCCC3)cc2O)c1. The van der Waals surface area contributed by atoms with Gasteiger partial charge in [-0.05, 0) is 43.5 Å². The molecule has 0 bridgehead atoms. The highest BCUT2D eigenvalue weighted by Crippen LogP contribution is 2.29. The lowest BCUT2D eigenvalue weighted by Gasteiger charge is -2.21. The van der Waals surface area contributed by atoms with E-state index in [0.29, 0.717) is 29.3 Å². The number of benzene rings is 2. The Morgan fingerprint density at radius 3 is 2.54 bits per heavy atom. The fraction of sp³-hybridized carbons (Fsp3) is 0.391. The summed E-state index contributed by atoms with van der Waals surface area (Å²) in [5, 5.41) is 15.8. The molecular formula is C23H28N2O3. The fourth-order valence-electron chi connectivity index (χ4n) is 3.73. The third kappa shape index (κ3) is 5.59. The highest BCUT2D eigenvalue weighted by Gasteiger charge is 2.15. The standard InChI is InChI=1S/C23H28N2O3/c1-16-6-5-9-18(14-16)23(28)25-20-12-11-19(15-21(20)26)24-22(27)13-10-17-7-3-2-4-8-17/h5-6,9,11-12,14-15,17,26H,2-4,7-8,10,13H2,1H3,(H,24,27)(H,25,28). The number of carbonyl (C=O) groups is 2. The van der Waals surface area contributed by atoms with E-state index in [4.69, 9.17) is 0 Å². The number of phenols is 1. The fourth-order valence-corrected chi connectivity index (χ4v) is 3.73. The van der Waals surface area contributed by atoms with Crippen LogP contribution in [0, 0.1) is 12.8 Å². The number of carbonyl (C=O) groups excluding carboxylic acids is 2. The van der Waals surface area contributed by atoms with Crippen molar-refractivity contribution in [2.24, 2.45) is 5.92 Å². The molecule has 3 rings (SSSR count). The van der Waals surface area contributed by atoms with Gasteiger partial charge in [-0.15, -0.1) is 0 Å². The Bertz CT molecular complexity index is 841. The molecule has 2 aromatic carbocycles. The van der Waals surface area contributed by atoms with Crippen LogP contribution in [0.1, 0.15) is 60.9 Å². The van der Waals surface area contributed by atoms with Crippen LogP contribution in [0.3, 0.4) is 0 Å². The molecule has 0 spiro atoms. The Balaban J connectivity index is 1.54. The molecule has 1 aliphatic carbocycles. The zero-order valence-electron chi connectivity index (χ0n) is 16.3. The van der Waals surface area contributed by atoms with Crippen molar-refractivity contribution >= 4 is 23.2 Å². The average molecular weight is 380 g/mol. The van der Waals surface area contributed by atoms with Crippen molar-refractivity contribution in [2.45, 2.75) is 51.9 Å². The molecule has 2 amide bonds. The van der Waals surface area contributed by atoms with Gasteiger partial charge in [-0.25, -0.2) is 0 Å². The van der Waals surface area contributed by atoms with Gasteiger partial charge in [-0.2, -0.15) is 0 Å². The molecule has 1 saturated carbocycles. The molecule has 0 unspecified atom stereocenters. The number of anilines is 2. The molecule has 2 aromatic rings. The number of aryl methyl sites for hydroxylation is 1. The first-order valence-electron chi connectivity index (χ1n) is 10.0. The lowest BCUT2D eigenvalue weighted by molar-refractivity contribution is -0.116. The molecule has 1 aliphatic rings. The predicted octanol–water partition coefficient (Wildman–Crippen LogP) is 5.25. The maximum atomic E-state index is 12.3. The second-order valence-electron chi connectivity index (χ2n) is 7.65. The summed E-state index contributed by atoms with van der Waals surface area (Å²) in [6.07, 6.45) is 7.73. The Morgan fingerprint density at radius 2 is 1.82 bits per heavy atom. The van der Waals surface area contributed by atoms with Crippen LogP contribution >= 0.6 is 0 Å². The lowest BCUT2D eigenvalue weighted by Crippen LogP contribution is -2.15. The monoisotopic (exact) mass is 380 g/mol. The van der Waals surface area contributed by atoms with Crippen molar-refractivity contribution < 1.29 is 14.7 Å². The number of rotatable bonds is 6. The summed E-state index contributed by atoms with van der Waals surface area (Å²) in [6.45, 7) is 1.92. The minimum Gasteiger partial charge on any atom is -0.506 e. The maximum Gasteiger partial charge on any atom is 0.255 e. The summed E-state index contributed by atoms with van der Waals surface area (Å²) in [6, 6.07) is 12.0. The number of aromatic hydroxyl groups is 1. The molecule has 148 valence electrons. The Morgan fingerprint density at radius 1 is 1.04 bits per heavy atom. The summed E-state index contributed by atoms with van der Waals surface area (Å²) >= 11 is 0. The molecule has 0 aliphatic heterocycles. The highest BCUT2D eigenvalue weighted by molar-refractivity contribution is 6.05. The van der Waals surface area contributed by atoms with Crippen molar-refractivity contribution in [3.05, 3.63) is 53.6 Å². The Labute approximate surface area is 166 Å². The van der Waals surface area contributed by atoms with E-state index < -0.39 is 0 Å². The normalized spacial score (nSPS) is 14.5. The van der Waals surface area contributed by atoms with Gasteiger partial charge < -0.3 is 15.7 Å². The smallest absolute Gasteiger partial charge is 0.255 e. The number of nitrogens with one attached hydrogen (secondary N) is 2. The molecule has 5 heteroatoms. The van der Waals surface area contributed by atoms with Gasteiger partial charge in [-0.1, -0.05) is 49.8 Å². The predicted molar refractivity (Wildman–Crippen MR) is 112 cm³/mol. The van der Waals surface area contributed by atoms with Gasteiger partial charge in [0.25, 0.3) is 5.91 Å². The van der Waals surface area contributed by atoms with E-state index in [1.54, 1.807) is 24.3 Å². The van der Waals surface area contributed by atoms with Crippen LogP contribution in [0.4, 0.5) is 11.4 Å². The van der Waals surface area contributed by atoms with E-state index in [9.17, 15) is 14.7 Å². The molecule has 0 atom stereocenters. The summed E-state index contributed by atoms with van der Waals surface area (Å²) in [5.74, 6) is 0.253. The number of hydrogen-bond acceptors (Lipinski definition) is 3. The van der Waals surface area contributed by atoms with E-state index in [0.717, 1.165) is 12.0 Å². The summed E-state index contributed by atoms with van der Waals surface area (Å²) in [5.41, 5.74) is 2.36. The largest absolute Gasteiger partial charge is 0.506 e. The molecule has 28 heavy (non-hydrogen) atoms. The van der Waals surface area contributed by atoms with Gasteiger partial charge in [0.2, 0.25) is 5.91 Å². The molecule has 5 nitrogen and oxygen atoms in total. The topological polar surface area (TPSA) is 78.4 Å². The van der Waals surface area contributed by atoms with E-state index in [1.165, 1.54) is 38.2 Å². The maximum absolute atomic E-state index is 12.3. The summed E-state index contributed by atoms with van der Waals surface area (Å²) in [4.78, 5) is 24.5. The van der Waals surface area contributed by atoms with E-state index in [-0.39, 0.29) is 17.6 Å². The van der Waals surface area contributed by atoms with Crippen LogP contribution in [-0.4, -0.2) is 16.9 Å². The van der Waals surface area contributed by atoms with Crippen molar-refractivity contribution in [3.63, 3.8) is 0 Å². The van der Waals surface area contributed by atoms with Crippen LogP contribution in [0.25, 0.3) is 0 Å². The first-order chi connectivity index (χ1) is 13.5. The zero-order chi connectivity index (χ0) is 19.9. The van der Waals surface area contributed by atoms with E-state index in [1.807, 2.05) is 19.1 Å². The van der Waals surface area contributed by atoms with E-state index >= 15 is 0 Å². The van der Waals surface area contributed by atoms with Gasteiger partial charge in [0.15, 0.2) is 0 Å². The first-order valence-corrected chi connectivity index (χ1v) is 10.0. The van der Waals surface area contributed by atoms with Gasteiger partial charge >= 0.3 is 0 Å². The van der Waals surface area contributed by atoms with Crippen molar-refractivity contribution in [3.8, 4) is 5.75 Å². The molecule has 0 heterocycles. The number of phenolic OH excluding ortho intramolecular Hbond substituents is 1. The quantitative estimate of drug-likeness (QED) is 0.599. The Hall–Kier alpha value is -2.82. The van der Waals surface area contributed by atoms with Crippen LogP contribution in [0.2, 0.25) is 0 Å². The van der Waals surface area contributed by atoms with Gasteiger partial charge in [-0.3, -0.25) is 9.59 Å². The second kappa shape index (κ2) is 9.40. The second-order valence-corrected chi connectivity index (χ2v) is 7.65. The summed E-state index contributed by atoms with van der Waals surface area (Å²) in [7, 11) is 0. The van der Waals surface area contributed by atoms with Crippen molar-refractivity contribution in [1.82, 2.24) is 0 Å². The van der Waals surface area contributed by atoms with Gasteiger partial charge in [0.05, 0.1) is 5.69 Å². The Kier molecular flexibility index (Phi) is 6.69. The van der Waals surface area contributed by atoms with Crippen molar-refractivity contribution in [1.29, 1.82) is 0 Å². The first kappa shape index (κ1) is 19.9. The third-order valence-corrected chi connectivity index (χ3v) is 5.31. The number of hydrogen-bond donors (Lipinski definition) is 3. The minimum absolute atomic E-state index is 0.0403. The molecule has 0 saturated heterocycles. The summed E-state index contributed by atoms with van der Waals surface area (Å²) < 4.78 is 0. The molecular weight excluding hydrogens is 352 g/mol. The zero-order valence-corrected chi connectivity index (χ0v) is 16.3. The van der Waals surface area contributed by atoms with Crippen LogP contribution < -0.4 is 10.6 Å². The molecule has 1 fully saturated rings. The lowest BCUT2D eigenvalue weighted by atomic mass is 9.86. The van der Waals surface area contributed by atoms with Crippen molar-refractivity contribution in [2.75, 3.05) is 10.6 Å². The van der Waals surface area contributed by atoms with E-state index in [2.05, 4.69) is 10.6 Å². The van der Waals surface area contributed by atoms with Crippen LogP contribution in [-0.2, 0) is 4.79 Å². The third-order valence-electron chi connectivity index (χ3n) is 5.31.